The van der Waals surface area contributed by atoms with Crippen LogP contribution in [0.2, 0.25) is 0 Å². The van der Waals surface area contributed by atoms with E-state index in [2.05, 4.69) is 18.9 Å². The fraction of sp³-hybridized carbons (Fsp3) is 1.00. The molecule has 0 saturated carbocycles. The maximum Gasteiger partial charge on any atom is 0.0823 e. The maximum absolute atomic E-state index is 5.93. The molecule has 0 aromatic rings. The molecule has 2 aliphatic rings. The molecule has 0 aromatic heterocycles. The van der Waals surface area contributed by atoms with E-state index in [1.54, 1.807) is 0 Å². The highest BCUT2D eigenvalue weighted by molar-refractivity contribution is 4.96. The van der Waals surface area contributed by atoms with Gasteiger partial charge in [-0.3, -0.25) is 0 Å². The van der Waals surface area contributed by atoms with Crippen LogP contribution in [-0.4, -0.2) is 36.7 Å². The molecule has 2 rings (SSSR count). The number of ether oxygens (including phenoxy) is 1. The first-order chi connectivity index (χ1) is 8.72. The summed E-state index contributed by atoms with van der Waals surface area (Å²) < 4.78 is 5.93. The van der Waals surface area contributed by atoms with E-state index < -0.39 is 0 Å². The first-order valence-corrected chi connectivity index (χ1v) is 8.06. The number of likely N-dealkylation sites (N-methyl/N-ethyl adjacent to an activating group) is 1. The standard InChI is InChI=1S/C10H19NO.3C2H6/c1-9-7-10(8-11(9)2)5-3-4-6-12-10;3*1-2/h9H,3-8H2,1-2H3;3*1-2H3. The number of nitrogens with zero attached hydrogens (tertiary/aromatic N) is 1. The number of likely N-dealkylation sites (tertiary alicyclic amines) is 1. The Morgan fingerprint density at radius 1 is 1.00 bits per heavy atom. The highest BCUT2D eigenvalue weighted by atomic mass is 16.5. The zero-order valence-corrected chi connectivity index (χ0v) is 14.2. The molecule has 2 aliphatic heterocycles. The molecular formula is C16H37NO. The summed E-state index contributed by atoms with van der Waals surface area (Å²) in [6.07, 6.45) is 5.14. The molecule has 0 bridgehead atoms. The van der Waals surface area contributed by atoms with E-state index in [9.17, 15) is 0 Å². The molecule has 2 fully saturated rings. The maximum atomic E-state index is 5.93. The Labute approximate surface area is 116 Å². The van der Waals surface area contributed by atoms with Crippen molar-refractivity contribution in [3.63, 3.8) is 0 Å². The van der Waals surface area contributed by atoms with Gasteiger partial charge in [0.15, 0.2) is 0 Å². The Morgan fingerprint density at radius 3 is 1.89 bits per heavy atom. The molecule has 0 N–H and O–H groups in total. The van der Waals surface area contributed by atoms with Gasteiger partial charge in [-0.15, -0.1) is 0 Å². The van der Waals surface area contributed by atoms with Gasteiger partial charge in [-0.1, -0.05) is 41.5 Å². The van der Waals surface area contributed by atoms with Gasteiger partial charge in [-0.05, 0) is 39.7 Å². The molecule has 18 heavy (non-hydrogen) atoms. The topological polar surface area (TPSA) is 12.5 Å². The minimum absolute atomic E-state index is 0.242. The van der Waals surface area contributed by atoms with Crippen molar-refractivity contribution in [2.45, 2.75) is 85.8 Å². The lowest BCUT2D eigenvalue weighted by molar-refractivity contribution is -0.0688. The van der Waals surface area contributed by atoms with Crippen molar-refractivity contribution in [1.82, 2.24) is 4.90 Å². The van der Waals surface area contributed by atoms with Crippen LogP contribution in [0.3, 0.4) is 0 Å². The highest BCUT2D eigenvalue weighted by Gasteiger charge is 2.42. The third kappa shape index (κ3) is 6.19. The average Bonchev–Trinajstić information content (AvgIpc) is 2.72. The van der Waals surface area contributed by atoms with E-state index in [1.165, 1.54) is 25.7 Å². The quantitative estimate of drug-likeness (QED) is 0.623. The number of rotatable bonds is 0. The summed E-state index contributed by atoms with van der Waals surface area (Å²) in [6, 6.07) is 0.711. The minimum atomic E-state index is 0.242. The number of hydrogen-bond acceptors (Lipinski definition) is 2. The molecule has 0 aliphatic carbocycles. The second-order valence-corrected chi connectivity index (χ2v) is 4.46. The van der Waals surface area contributed by atoms with E-state index in [4.69, 9.17) is 4.74 Å². The molecule has 2 heteroatoms. The third-order valence-corrected chi connectivity index (χ3v) is 3.39. The Balaban J connectivity index is 0. The largest absolute Gasteiger partial charge is 0.374 e. The summed E-state index contributed by atoms with van der Waals surface area (Å²) in [6.45, 7) is 16.4. The first kappa shape index (κ1) is 20.2. The molecule has 0 aromatic carbocycles. The van der Waals surface area contributed by atoms with Crippen molar-refractivity contribution in [3.05, 3.63) is 0 Å². The van der Waals surface area contributed by atoms with Crippen LogP contribution in [0.1, 0.15) is 74.1 Å². The Hall–Kier alpha value is -0.0800. The van der Waals surface area contributed by atoms with Gasteiger partial charge in [0.2, 0.25) is 0 Å². The van der Waals surface area contributed by atoms with Crippen LogP contribution in [0.25, 0.3) is 0 Å². The van der Waals surface area contributed by atoms with Crippen LogP contribution < -0.4 is 0 Å². The molecule has 2 heterocycles. The van der Waals surface area contributed by atoms with Crippen LogP contribution in [0.4, 0.5) is 0 Å². The summed E-state index contributed by atoms with van der Waals surface area (Å²) in [5.74, 6) is 0. The minimum Gasteiger partial charge on any atom is -0.374 e. The van der Waals surface area contributed by atoms with Crippen molar-refractivity contribution >= 4 is 0 Å². The Bertz CT molecular complexity index is 152. The van der Waals surface area contributed by atoms with Crippen LogP contribution in [0.15, 0.2) is 0 Å². The fourth-order valence-electron chi connectivity index (χ4n) is 2.56. The van der Waals surface area contributed by atoms with E-state index >= 15 is 0 Å². The summed E-state index contributed by atoms with van der Waals surface area (Å²) in [5.41, 5.74) is 0.242. The Kier molecular flexibility index (Phi) is 13.5. The van der Waals surface area contributed by atoms with Gasteiger partial charge in [-0.2, -0.15) is 0 Å². The SMILES string of the molecule is CC.CC.CC.CC1CC2(CCCCO2)CN1C. The van der Waals surface area contributed by atoms with Gasteiger partial charge in [0.25, 0.3) is 0 Å². The second-order valence-electron chi connectivity index (χ2n) is 4.46. The monoisotopic (exact) mass is 259 g/mol. The van der Waals surface area contributed by atoms with Crippen molar-refractivity contribution in [2.75, 3.05) is 20.2 Å². The number of hydrogen-bond donors (Lipinski definition) is 0. The second kappa shape index (κ2) is 12.0. The zero-order valence-electron chi connectivity index (χ0n) is 14.2. The predicted octanol–water partition coefficient (Wildman–Crippen LogP) is 4.73. The molecular weight excluding hydrogens is 222 g/mol. The zero-order chi connectivity index (χ0) is 14.6. The van der Waals surface area contributed by atoms with Gasteiger partial charge >= 0.3 is 0 Å². The first-order valence-electron chi connectivity index (χ1n) is 8.06. The summed E-state index contributed by atoms with van der Waals surface area (Å²) in [4.78, 5) is 2.42. The smallest absolute Gasteiger partial charge is 0.0823 e. The van der Waals surface area contributed by atoms with Crippen molar-refractivity contribution in [1.29, 1.82) is 0 Å². The van der Waals surface area contributed by atoms with E-state index in [1.807, 2.05) is 41.5 Å². The van der Waals surface area contributed by atoms with Gasteiger partial charge in [-0.25, -0.2) is 0 Å². The summed E-state index contributed by atoms with van der Waals surface area (Å²) >= 11 is 0. The lowest BCUT2D eigenvalue weighted by Gasteiger charge is -2.33. The fourth-order valence-corrected chi connectivity index (χ4v) is 2.56. The highest BCUT2D eigenvalue weighted by Crippen LogP contribution is 2.36. The molecule has 2 atom stereocenters. The van der Waals surface area contributed by atoms with Crippen LogP contribution in [0, 0.1) is 0 Å². The molecule has 2 saturated heterocycles. The lowest BCUT2D eigenvalue weighted by Crippen LogP contribution is -2.38. The van der Waals surface area contributed by atoms with Gasteiger partial charge < -0.3 is 9.64 Å². The molecule has 2 nitrogen and oxygen atoms in total. The predicted molar refractivity (Wildman–Crippen MR) is 83.3 cm³/mol. The van der Waals surface area contributed by atoms with E-state index in [-0.39, 0.29) is 5.60 Å². The van der Waals surface area contributed by atoms with E-state index in [0.717, 1.165) is 13.2 Å². The Morgan fingerprint density at radius 2 is 1.56 bits per heavy atom. The van der Waals surface area contributed by atoms with Crippen molar-refractivity contribution in [3.8, 4) is 0 Å². The molecule has 0 radical (unpaired) electrons. The molecule has 0 amide bonds. The van der Waals surface area contributed by atoms with Gasteiger partial charge in [0.05, 0.1) is 5.60 Å². The van der Waals surface area contributed by atoms with Crippen molar-refractivity contribution in [2.24, 2.45) is 0 Å². The molecule has 1 spiro atoms. The molecule has 112 valence electrons. The van der Waals surface area contributed by atoms with Crippen molar-refractivity contribution < 1.29 is 4.74 Å². The third-order valence-electron chi connectivity index (χ3n) is 3.39. The van der Waals surface area contributed by atoms with Crippen LogP contribution in [0.5, 0.6) is 0 Å². The van der Waals surface area contributed by atoms with Crippen LogP contribution >= 0.6 is 0 Å². The normalized spacial score (nSPS) is 30.3. The van der Waals surface area contributed by atoms with Gasteiger partial charge in [0.1, 0.15) is 0 Å². The summed E-state index contributed by atoms with van der Waals surface area (Å²) in [5, 5.41) is 0. The average molecular weight is 259 g/mol. The van der Waals surface area contributed by atoms with E-state index in [0.29, 0.717) is 6.04 Å². The summed E-state index contributed by atoms with van der Waals surface area (Å²) in [7, 11) is 2.21. The molecule has 2 unspecified atom stereocenters. The lowest BCUT2D eigenvalue weighted by atomic mass is 9.91. The van der Waals surface area contributed by atoms with Crippen LogP contribution in [-0.2, 0) is 4.74 Å². The van der Waals surface area contributed by atoms with Gasteiger partial charge in [0, 0.05) is 19.2 Å².